The van der Waals surface area contributed by atoms with E-state index in [1.807, 2.05) is 30.3 Å². The maximum Gasteiger partial charge on any atom is 0.143 e. The van der Waals surface area contributed by atoms with Crippen LogP contribution >= 0.6 is 15.9 Å². The van der Waals surface area contributed by atoms with Gasteiger partial charge in [-0.1, -0.05) is 22.0 Å². The van der Waals surface area contributed by atoms with Crippen molar-refractivity contribution in [3.05, 3.63) is 52.5 Å². The summed E-state index contributed by atoms with van der Waals surface area (Å²) in [7, 11) is 1.58. The van der Waals surface area contributed by atoms with Gasteiger partial charge in [0, 0.05) is 11.0 Å². The van der Waals surface area contributed by atoms with Gasteiger partial charge in [0.05, 0.1) is 18.4 Å². The van der Waals surface area contributed by atoms with Crippen molar-refractivity contribution in [2.24, 2.45) is 0 Å². The highest BCUT2D eigenvalue weighted by Crippen LogP contribution is 2.27. The van der Waals surface area contributed by atoms with Crippen LogP contribution in [-0.4, -0.2) is 20.3 Å². The number of hydrogen-bond acceptors (Lipinski definition) is 4. The molecule has 2 rings (SSSR count). The number of nitrogens with zero attached hydrogens (tertiary/aromatic N) is 1. The van der Waals surface area contributed by atoms with E-state index in [1.165, 1.54) is 0 Å². The van der Waals surface area contributed by atoms with E-state index in [9.17, 15) is 0 Å². The van der Waals surface area contributed by atoms with Crippen LogP contribution in [0, 0.1) is 11.3 Å². The maximum atomic E-state index is 9.12. The van der Waals surface area contributed by atoms with Gasteiger partial charge in [-0.3, -0.25) is 0 Å². The Labute approximate surface area is 132 Å². The third-order valence-corrected chi connectivity index (χ3v) is 3.38. The molecule has 0 bridgehead atoms. The minimum atomic E-state index is 0.491. The van der Waals surface area contributed by atoms with Gasteiger partial charge in [-0.15, -0.1) is 0 Å². The lowest BCUT2D eigenvalue weighted by Gasteiger charge is -2.13. The van der Waals surface area contributed by atoms with Gasteiger partial charge in [0.2, 0.25) is 0 Å². The molecule has 0 fully saturated rings. The zero-order chi connectivity index (χ0) is 15.1. The molecule has 1 N–H and O–H groups in total. The first-order valence-electron chi connectivity index (χ1n) is 6.44. The van der Waals surface area contributed by atoms with Crippen molar-refractivity contribution in [2.75, 3.05) is 25.6 Å². The Kier molecular flexibility index (Phi) is 5.47. The van der Waals surface area contributed by atoms with Crippen LogP contribution in [0.15, 0.2) is 46.9 Å². The van der Waals surface area contributed by atoms with Crippen LogP contribution in [0.1, 0.15) is 5.56 Å². The van der Waals surface area contributed by atoms with E-state index in [2.05, 4.69) is 27.3 Å². The molecule has 5 heteroatoms. The Balaban J connectivity index is 1.92. The van der Waals surface area contributed by atoms with Crippen LogP contribution in [0.25, 0.3) is 0 Å². The predicted octanol–water partition coefficient (Wildman–Crippen LogP) is 3.82. The Hall–Kier alpha value is -2.19. The quantitative estimate of drug-likeness (QED) is 0.807. The van der Waals surface area contributed by atoms with Crippen LogP contribution < -0.4 is 14.8 Å². The molecular weight excluding hydrogens is 332 g/mol. The van der Waals surface area contributed by atoms with Gasteiger partial charge in [0.15, 0.2) is 0 Å². The number of halogens is 1. The first kappa shape index (κ1) is 15.2. The van der Waals surface area contributed by atoms with Gasteiger partial charge < -0.3 is 14.8 Å². The second kappa shape index (κ2) is 7.55. The first-order valence-corrected chi connectivity index (χ1v) is 7.23. The summed E-state index contributed by atoms with van der Waals surface area (Å²) in [6, 6.07) is 15.2. The number of nitriles is 1. The summed E-state index contributed by atoms with van der Waals surface area (Å²) in [6.45, 7) is 1.07. The number of anilines is 1. The Morgan fingerprint density at radius 1 is 1.19 bits per heavy atom. The molecule has 0 saturated carbocycles. The number of methoxy groups -OCH3 is 1. The number of hydrogen-bond donors (Lipinski definition) is 1. The van der Waals surface area contributed by atoms with Crippen molar-refractivity contribution in [1.29, 1.82) is 5.26 Å². The van der Waals surface area contributed by atoms with E-state index in [1.54, 1.807) is 19.2 Å². The predicted molar refractivity (Wildman–Crippen MR) is 85.8 cm³/mol. The van der Waals surface area contributed by atoms with Gasteiger partial charge in [0.25, 0.3) is 0 Å². The second-order valence-corrected chi connectivity index (χ2v) is 5.14. The van der Waals surface area contributed by atoms with Crippen molar-refractivity contribution in [1.82, 2.24) is 0 Å². The highest BCUT2D eigenvalue weighted by Gasteiger charge is 2.07. The molecule has 0 atom stereocenters. The Morgan fingerprint density at radius 3 is 2.62 bits per heavy atom. The summed E-state index contributed by atoms with van der Waals surface area (Å²) in [5.74, 6) is 1.46. The number of rotatable bonds is 6. The van der Waals surface area contributed by atoms with Crippen molar-refractivity contribution in [3.63, 3.8) is 0 Å². The van der Waals surface area contributed by atoms with Crippen LogP contribution in [0.2, 0.25) is 0 Å². The van der Waals surface area contributed by atoms with Crippen LogP contribution in [0.4, 0.5) is 5.69 Å². The van der Waals surface area contributed by atoms with Crippen LogP contribution in [0.3, 0.4) is 0 Å². The fourth-order valence-corrected chi connectivity index (χ4v) is 2.12. The fraction of sp³-hybridized carbons (Fsp3) is 0.188. The van der Waals surface area contributed by atoms with Gasteiger partial charge in [0.1, 0.15) is 24.2 Å². The van der Waals surface area contributed by atoms with E-state index in [4.69, 9.17) is 14.7 Å². The lowest BCUT2D eigenvalue weighted by molar-refractivity contribution is 0.332. The van der Waals surface area contributed by atoms with Crippen LogP contribution in [-0.2, 0) is 0 Å². The van der Waals surface area contributed by atoms with Gasteiger partial charge in [-0.25, -0.2) is 0 Å². The molecular formula is C16H15BrN2O2. The molecule has 0 aliphatic heterocycles. The largest absolute Gasteiger partial charge is 0.495 e. The molecule has 108 valence electrons. The highest BCUT2D eigenvalue weighted by atomic mass is 79.9. The monoisotopic (exact) mass is 346 g/mol. The number of ether oxygens (including phenoxy) is 2. The molecule has 0 heterocycles. The smallest absolute Gasteiger partial charge is 0.143 e. The molecule has 4 nitrogen and oxygen atoms in total. The van der Waals surface area contributed by atoms with E-state index < -0.39 is 0 Å². The molecule has 2 aromatic rings. The normalized spacial score (nSPS) is 9.76. The molecule has 0 aliphatic carbocycles. The molecule has 21 heavy (non-hydrogen) atoms. The molecule has 0 amide bonds. The standard InChI is InChI=1S/C16H15BrN2O2/c1-20-15-4-2-3-12(11-18)16(15)19-9-10-21-14-7-5-13(17)6-8-14/h2-8,19H,9-10H2,1H3. The Morgan fingerprint density at radius 2 is 1.95 bits per heavy atom. The summed E-state index contributed by atoms with van der Waals surface area (Å²) in [4.78, 5) is 0. The topological polar surface area (TPSA) is 54.3 Å². The molecule has 2 aromatic carbocycles. The van der Waals surface area contributed by atoms with Crippen molar-refractivity contribution in [3.8, 4) is 17.6 Å². The van der Waals surface area contributed by atoms with E-state index in [0.717, 1.165) is 10.2 Å². The van der Waals surface area contributed by atoms with Gasteiger partial charge in [-0.2, -0.15) is 5.26 Å². The van der Waals surface area contributed by atoms with Gasteiger partial charge >= 0.3 is 0 Å². The van der Waals surface area contributed by atoms with Crippen molar-refractivity contribution < 1.29 is 9.47 Å². The zero-order valence-corrected chi connectivity index (χ0v) is 13.2. The van der Waals surface area contributed by atoms with E-state index in [0.29, 0.717) is 30.2 Å². The molecule has 0 aliphatic rings. The number of benzene rings is 2. The minimum absolute atomic E-state index is 0.491. The maximum absolute atomic E-state index is 9.12. The summed E-state index contributed by atoms with van der Waals surface area (Å²) in [5.41, 5.74) is 1.25. The highest BCUT2D eigenvalue weighted by molar-refractivity contribution is 9.10. The summed E-state index contributed by atoms with van der Waals surface area (Å²) in [5, 5.41) is 12.3. The fourth-order valence-electron chi connectivity index (χ4n) is 1.85. The third-order valence-electron chi connectivity index (χ3n) is 2.85. The summed E-state index contributed by atoms with van der Waals surface area (Å²) < 4.78 is 11.9. The molecule has 0 spiro atoms. The summed E-state index contributed by atoms with van der Waals surface area (Å²) in [6.07, 6.45) is 0. The van der Waals surface area contributed by atoms with E-state index in [-0.39, 0.29) is 0 Å². The van der Waals surface area contributed by atoms with Crippen molar-refractivity contribution in [2.45, 2.75) is 0 Å². The van der Waals surface area contributed by atoms with E-state index >= 15 is 0 Å². The summed E-state index contributed by atoms with van der Waals surface area (Å²) >= 11 is 3.38. The second-order valence-electron chi connectivity index (χ2n) is 4.22. The lowest BCUT2D eigenvalue weighted by Crippen LogP contribution is -2.13. The third kappa shape index (κ3) is 4.14. The number of para-hydroxylation sites is 1. The molecule has 0 unspecified atom stereocenters. The van der Waals surface area contributed by atoms with Gasteiger partial charge in [-0.05, 0) is 36.4 Å². The molecule has 0 radical (unpaired) electrons. The molecule has 0 aromatic heterocycles. The minimum Gasteiger partial charge on any atom is -0.495 e. The molecule has 0 saturated heterocycles. The Bertz CT molecular complexity index is 636. The van der Waals surface area contributed by atoms with Crippen LogP contribution in [0.5, 0.6) is 11.5 Å². The zero-order valence-electron chi connectivity index (χ0n) is 11.6. The number of nitrogens with one attached hydrogen (secondary N) is 1. The SMILES string of the molecule is COc1cccc(C#N)c1NCCOc1ccc(Br)cc1. The lowest BCUT2D eigenvalue weighted by atomic mass is 10.2. The average Bonchev–Trinajstić information content (AvgIpc) is 2.53. The first-order chi connectivity index (χ1) is 10.2. The average molecular weight is 347 g/mol. The van der Waals surface area contributed by atoms with Crippen molar-refractivity contribution >= 4 is 21.6 Å².